The van der Waals surface area contributed by atoms with Crippen LogP contribution in [0.1, 0.15) is 50.0 Å². The monoisotopic (exact) mass is 178 g/mol. The third-order valence-corrected chi connectivity index (χ3v) is 0.798. The van der Waals surface area contributed by atoms with Crippen molar-refractivity contribution < 1.29 is 4.74 Å². The van der Waals surface area contributed by atoms with E-state index in [0.29, 0.717) is 0 Å². The largest absolute Gasteiger partial charge is 0.377 e. The fourth-order valence-electron chi connectivity index (χ4n) is 0.392. The summed E-state index contributed by atoms with van der Waals surface area (Å²) in [6, 6.07) is 0. The van der Waals surface area contributed by atoms with E-state index in [4.69, 9.17) is 4.74 Å². The molecule has 0 amide bonds. The fourth-order valence-corrected chi connectivity index (χ4v) is 0.392. The van der Waals surface area contributed by atoms with Crippen molar-refractivity contribution in [2.75, 3.05) is 13.2 Å². The smallest absolute Gasteiger partial charge is 0.0647 e. The zero-order chi connectivity index (χ0) is 6.24. The Morgan fingerprint density at radius 3 is 1.92 bits per heavy atom. The van der Waals surface area contributed by atoms with E-state index in [2.05, 4.69) is 6.92 Å². The van der Waals surface area contributed by atoms with Gasteiger partial charge in [0.15, 0.2) is 0 Å². The molecular weight excluding hydrogens is 148 g/mol. The van der Waals surface area contributed by atoms with E-state index in [9.17, 15) is 0 Å². The summed E-state index contributed by atoms with van der Waals surface area (Å²) in [5.74, 6) is 0. The van der Waals surface area contributed by atoms with Crippen molar-refractivity contribution in [2.45, 2.75) is 50.0 Å². The molecule has 0 aliphatic carbocycles. The Kier molecular flexibility index (Phi) is 77.1. The number of ether oxygens (including phenoxy) is 1. The molecule has 0 spiro atoms. The van der Waals surface area contributed by atoms with E-state index >= 15 is 0 Å². The van der Waals surface area contributed by atoms with Gasteiger partial charge in [-0.05, 0) is 13.3 Å². The van der Waals surface area contributed by atoms with Gasteiger partial charge < -0.3 is 4.74 Å². The summed E-state index contributed by atoms with van der Waals surface area (Å²) in [7, 11) is 0. The molecular formula is C11H30O. The Balaban J connectivity index is -0.0000000408. The Hall–Kier alpha value is -0.300. The highest BCUT2D eigenvalue weighted by molar-refractivity contribution is 4.75. The van der Waals surface area contributed by atoms with Gasteiger partial charge in [0.1, 0.15) is 0 Å². The Labute approximate surface area is 80.8 Å². The van der Waals surface area contributed by atoms with Gasteiger partial charge in [-0.2, -0.15) is 0 Å². The summed E-state index contributed by atoms with van der Waals surface area (Å²) in [5.41, 5.74) is 0. The second kappa shape index (κ2) is 31.0. The Morgan fingerprint density at radius 2 is 1.58 bits per heavy atom. The van der Waals surface area contributed by atoms with Crippen LogP contribution in [0.25, 0.3) is 0 Å². The molecule has 1 heteroatoms. The van der Waals surface area contributed by atoms with Gasteiger partial charge in [0.25, 0.3) is 0 Å². The normalized spacial score (nSPS) is 7.17. The summed E-state index contributed by atoms with van der Waals surface area (Å²) in [6.07, 6.45) is 5.11. The predicted octanol–water partition coefficient (Wildman–Crippen LogP) is 4.53. The Bertz CT molecular complexity index is 58.0. The highest BCUT2D eigenvalue weighted by Gasteiger charge is 1.76. The number of hydrogen-bond acceptors (Lipinski definition) is 1. The van der Waals surface area contributed by atoms with Crippen LogP contribution in [0.15, 0.2) is 12.2 Å². The van der Waals surface area contributed by atoms with Crippen LogP contribution in [-0.4, -0.2) is 13.2 Å². The van der Waals surface area contributed by atoms with Crippen molar-refractivity contribution in [3.8, 4) is 0 Å². The Morgan fingerprint density at radius 1 is 1.08 bits per heavy atom. The maximum atomic E-state index is 5.14. The topological polar surface area (TPSA) is 9.23 Å². The second-order valence-electron chi connectivity index (χ2n) is 1.64. The lowest BCUT2D eigenvalue weighted by molar-refractivity contribution is 0.163. The third kappa shape index (κ3) is 33.2. The van der Waals surface area contributed by atoms with Crippen LogP contribution in [0, 0.1) is 0 Å². The standard InChI is InChI=1S/C7H14O.4CH4/c1-3-5-7-8-6-4-2;;;;/h3,5H,4,6-7H2,1-2H3;4*1H4. The first kappa shape index (κ1) is 29.8. The average molecular weight is 178 g/mol. The molecule has 0 N–H and O–H groups in total. The van der Waals surface area contributed by atoms with E-state index in [1.807, 2.05) is 19.1 Å². The molecule has 0 aliphatic rings. The van der Waals surface area contributed by atoms with Crippen molar-refractivity contribution in [1.29, 1.82) is 0 Å². The van der Waals surface area contributed by atoms with Crippen LogP contribution in [0.5, 0.6) is 0 Å². The van der Waals surface area contributed by atoms with Crippen molar-refractivity contribution in [3.63, 3.8) is 0 Å². The average Bonchev–Trinajstić information content (AvgIpc) is 1.81. The highest BCUT2D eigenvalue weighted by atomic mass is 16.5. The van der Waals surface area contributed by atoms with Gasteiger partial charge in [-0.15, -0.1) is 0 Å². The first-order chi connectivity index (χ1) is 3.91. The van der Waals surface area contributed by atoms with Gasteiger partial charge >= 0.3 is 0 Å². The van der Waals surface area contributed by atoms with E-state index in [0.717, 1.165) is 19.6 Å². The summed E-state index contributed by atoms with van der Waals surface area (Å²) in [4.78, 5) is 0. The molecule has 0 rings (SSSR count). The molecule has 0 aromatic heterocycles. The van der Waals surface area contributed by atoms with E-state index in [1.165, 1.54) is 0 Å². The van der Waals surface area contributed by atoms with Crippen LogP contribution >= 0.6 is 0 Å². The summed E-state index contributed by atoms with van der Waals surface area (Å²) < 4.78 is 5.14. The second-order valence-corrected chi connectivity index (χ2v) is 1.64. The van der Waals surface area contributed by atoms with Gasteiger partial charge in [-0.25, -0.2) is 0 Å². The molecule has 0 unspecified atom stereocenters. The molecule has 0 bridgehead atoms. The number of allylic oxidation sites excluding steroid dienone is 1. The van der Waals surface area contributed by atoms with Crippen molar-refractivity contribution >= 4 is 0 Å². The van der Waals surface area contributed by atoms with Crippen LogP contribution in [-0.2, 0) is 4.74 Å². The van der Waals surface area contributed by atoms with Crippen LogP contribution in [0.4, 0.5) is 0 Å². The molecule has 0 heterocycles. The number of hydrogen-bond donors (Lipinski definition) is 0. The molecule has 0 radical (unpaired) electrons. The van der Waals surface area contributed by atoms with Gasteiger partial charge in [-0.3, -0.25) is 0 Å². The molecule has 12 heavy (non-hydrogen) atoms. The van der Waals surface area contributed by atoms with Gasteiger partial charge in [0.05, 0.1) is 6.61 Å². The van der Waals surface area contributed by atoms with Crippen molar-refractivity contribution in [3.05, 3.63) is 12.2 Å². The maximum absolute atomic E-state index is 5.14. The lowest BCUT2D eigenvalue weighted by Gasteiger charge is -1.93. The lowest BCUT2D eigenvalue weighted by Crippen LogP contribution is -1.90. The van der Waals surface area contributed by atoms with Gasteiger partial charge in [-0.1, -0.05) is 48.8 Å². The number of rotatable bonds is 4. The SMILES string of the molecule is C.C.C.C.CC=CCOCCC. The molecule has 0 saturated heterocycles. The fraction of sp³-hybridized carbons (Fsp3) is 0.818. The zero-order valence-electron chi connectivity index (χ0n) is 5.68. The molecule has 0 aromatic rings. The third-order valence-electron chi connectivity index (χ3n) is 0.798. The maximum Gasteiger partial charge on any atom is 0.0647 e. The van der Waals surface area contributed by atoms with E-state index in [-0.39, 0.29) is 29.7 Å². The van der Waals surface area contributed by atoms with Crippen LogP contribution in [0.3, 0.4) is 0 Å². The van der Waals surface area contributed by atoms with Crippen molar-refractivity contribution in [1.82, 2.24) is 0 Å². The first-order valence-corrected chi connectivity index (χ1v) is 3.10. The molecule has 0 aromatic carbocycles. The van der Waals surface area contributed by atoms with Gasteiger partial charge in [0.2, 0.25) is 0 Å². The molecule has 0 saturated carbocycles. The molecule has 0 aliphatic heterocycles. The van der Waals surface area contributed by atoms with Gasteiger partial charge in [0, 0.05) is 6.61 Å². The summed E-state index contributed by atoms with van der Waals surface area (Å²) >= 11 is 0. The lowest BCUT2D eigenvalue weighted by atomic mass is 10.5. The van der Waals surface area contributed by atoms with Crippen molar-refractivity contribution in [2.24, 2.45) is 0 Å². The van der Waals surface area contributed by atoms with Crippen LogP contribution in [0.2, 0.25) is 0 Å². The minimum atomic E-state index is 0. The molecule has 80 valence electrons. The molecule has 0 fully saturated rings. The quantitative estimate of drug-likeness (QED) is 0.454. The predicted molar refractivity (Wildman–Crippen MR) is 62.8 cm³/mol. The minimum Gasteiger partial charge on any atom is -0.377 e. The van der Waals surface area contributed by atoms with E-state index in [1.54, 1.807) is 0 Å². The minimum absolute atomic E-state index is 0. The van der Waals surface area contributed by atoms with Crippen LogP contribution < -0.4 is 0 Å². The highest BCUT2D eigenvalue weighted by Crippen LogP contribution is 1.80. The first-order valence-electron chi connectivity index (χ1n) is 3.10. The molecule has 1 nitrogen and oxygen atoms in total. The molecule has 0 atom stereocenters. The van der Waals surface area contributed by atoms with E-state index < -0.39 is 0 Å². The summed E-state index contributed by atoms with van der Waals surface area (Å²) in [6.45, 7) is 5.75. The zero-order valence-corrected chi connectivity index (χ0v) is 5.68. The summed E-state index contributed by atoms with van der Waals surface area (Å²) in [5, 5.41) is 0.